The molecule has 0 aliphatic carbocycles. The van der Waals surface area contributed by atoms with Gasteiger partial charge < -0.3 is 4.74 Å². The van der Waals surface area contributed by atoms with E-state index in [1.165, 1.54) is 18.2 Å². The van der Waals surface area contributed by atoms with Gasteiger partial charge in [0.25, 0.3) is 5.69 Å². The molecule has 0 radical (unpaired) electrons. The number of halogens is 1. The fourth-order valence-electron chi connectivity index (χ4n) is 2.29. The van der Waals surface area contributed by atoms with E-state index >= 15 is 0 Å². The van der Waals surface area contributed by atoms with Crippen LogP contribution in [0.25, 0.3) is 11.8 Å². The topological polar surface area (TPSA) is 69.4 Å². The number of ether oxygens (including phenoxy) is 1. The summed E-state index contributed by atoms with van der Waals surface area (Å²) in [6, 6.07) is 11.9. The van der Waals surface area contributed by atoms with Crippen LogP contribution in [0.2, 0.25) is 5.02 Å². The highest BCUT2D eigenvalue weighted by atomic mass is 35.5. The van der Waals surface area contributed by atoms with E-state index in [9.17, 15) is 14.9 Å². The van der Waals surface area contributed by atoms with E-state index in [4.69, 9.17) is 16.3 Å². The van der Waals surface area contributed by atoms with Crippen LogP contribution in [0, 0.1) is 17.0 Å². The van der Waals surface area contributed by atoms with Gasteiger partial charge >= 0.3 is 5.97 Å². The molecule has 0 saturated heterocycles. The highest BCUT2D eigenvalue weighted by Crippen LogP contribution is 2.30. The van der Waals surface area contributed by atoms with Crippen LogP contribution in [0.4, 0.5) is 5.69 Å². The number of hydrogen-bond donors (Lipinski definition) is 0. The second-order valence-electron chi connectivity index (χ2n) is 5.33. The Balaban J connectivity index is 1.95. The molecule has 5 nitrogen and oxygen atoms in total. The van der Waals surface area contributed by atoms with Gasteiger partial charge in [-0.1, -0.05) is 47.5 Å². The maximum absolute atomic E-state index is 12.0. The van der Waals surface area contributed by atoms with Gasteiger partial charge in [-0.25, -0.2) is 4.79 Å². The van der Waals surface area contributed by atoms with E-state index in [1.807, 2.05) is 31.2 Å². The summed E-state index contributed by atoms with van der Waals surface area (Å²) in [4.78, 5) is 22.4. The molecule has 0 unspecified atom stereocenters. The van der Waals surface area contributed by atoms with Crippen molar-refractivity contribution in [2.45, 2.75) is 6.92 Å². The number of nitrogens with zero attached hydrogens (tertiary/aromatic N) is 1. The maximum atomic E-state index is 12.0. The van der Waals surface area contributed by atoms with Crippen LogP contribution in [0.15, 0.2) is 54.1 Å². The summed E-state index contributed by atoms with van der Waals surface area (Å²) in [6.45, 7) is 1.97. The average Bonchev–Trinajstić information content (AvgIpc) is 2.90. The lowest BCUT2D eigenvalue weighted by Crippen LogP contribution is -1.97. The molecule has 1 aliphatic rings. The molecular formula is C18H12ClNO4. The second kappa shape index (κ2) is 6.29. The summed E-state index contributed by atoms with van der Waals surface area (Å²) < 4.78 is 5.27. The summed E-state index contributed by atoms with van der Waals surface area (Å²) in [7, 11) is 0. The van der Waals surface area contributed by atoms with E-state index in [2.05, 4.69) is 0 Å². The molecule has 0 atom stereocenters. The van der Waals surface area contributed by atoms with Crippen molar-refractivity contribution in [3.05, 3.63) is 85.9 Å². The van der Waals surface area contributed by atoms with E-state index in [1.54, 1.807) is 12.1 Å². The summed E-state index contributed by atoms with van der Waals surface area (Å²) in [5, 5.41) is 11.0. The molecule has 1 heterocycles. The largest absolute Gasteiger partial charge is 0.422 e. The lowest BCUT2D eigenvalue weighted by molar-refractivity contribution is -0.384. The number of carbonyl (C=O) groups is 1. The van der Waals surface area contributed by atoms with Crippen LogP contribution in [-0.2, 0) is 9.53 Å². The van der Waals surface area contributed by atoms with Crippen molar-refractivity contribution >= 4 is 35.1 Å². The summed E-state index contributed by atoms with van der Waals surface area (Å²) in [5.41, 5.74) is 2.51. The van der Waals surface area contributed by atoms with Crippen molar-refractivity contribution in [3.8, 4) is 0 Å². The van der Waals surface area contributed by atoms with Crippen LogP contribution >= 0.6 is 11.6 Å². The summed E-state index contributed by atoms with van der Waals surface area (Å²) in [6.07, 6.45) is 3.15. The third-order valence-corrected chi connectivity index (χ3v) is 3.87. The van der Waals surface area contributed by atoms with Gasteiger partial charge in [-0.05, 0) is 30.7 Å². The third kappa shape index (κ3) is 3.21. The first-order valence-corrected chi connectivity index (χ1v) is 7.48. The predicted molar refractivity (Wildman–Crippen MR) is 91.3 cm³/mol. The van der Waals surface area contributed by atoms with Crippen LogP contribution in [0.3, 0.4) is 0 Å². The SMILES string of the molecule is Cc1ccc(C2=CC(=Cc3ccc(Cl)c([N+](=O)[O-])c3)C(=O)O2)cc1. The van der Waals surface area contributed by atoms with Gasteiger partial charge in [0, 0.05) is 11.6 Å². The average molecular weight is 342 g/mol. The molecule has 0 fully saturated rings. The van der Waals surface area contributed by atoms with Crippen molar-refractivity contribution in [1.82, 2.24) is 0 Å². The minimum absolute atomic E-state index is 0.0482. The molecule has 0 N–H and O–H groups in total. The summed E-state index contributed by atoms with van der Waals surface area (Å²) >= 11 is 5.79. The van der Waals surface area contributed by atoms with E-state index in [0.29, 0.717) is 16.9 Å². The zero-order chi connectivity index (χ0) is 17.3. The fourth-order valence-corrected chi connectivity index (χ4v) is 2.47. The molecule has 2 aromatic rings. The van der Waals surface area contributed by atoms with Crippen molar-refractivity contribution in [2.24, 2.45) is 0 Å². The molecule has 24 heavy (non-hydrogen) atoms. The van der Waals surface area contributed by atoms with Gasteiger partial charge in [0.05, 0.1) is 10.5 Å². The molecule has 0 amide bonds. The molecule has 2 aromatic carbocycles. The number of cyclic esters (lactones) is 1. The number of nitro groups is 1. The first-order chi connectivity index (χ1) is 11.4. The Labute approximate surface area is 143 Å². The Hall–Kier alpha value is -2.92. The third-order valence-electron chi connectivity index (χ3n) is 3.55. The minimum atomic E-state index is -0.565. The number of benzene rings is 2. The van der Waals surface area contributed by atoms with Gasteiger partial charge in [-0.15, -0.1) is 0 Å². The quantitative estimate of drug-likeness (QED) is 0.356. The first kappa shape index (κ1) is 16.0. The number of aryl methyl sites for hydroxylation is 1. The lowest BCUT2D eigenvalue weighted by Gasteiger charge is -2.01. The van der Waals surface area contributed by atoms with Gasteiger partial charge in [0.15, 0.2) is 0 Å². The molecule has 1 aliphatic heterocycles. The number of rotatable bonds is 3. The number of nitro benzene ring substituents is 1. The standard InChI is InChI=1S/C18H12ClNO4/c1-11-2-5-13(6-3-11)17-10-14(18(21)24-17)8-12-4-7-15(19)16(9-12)20(22)23/h2-10H,1H3. The zero-order valence-electron chi connectivity index (χ0n) is 12.7. The van der Waals surface area contributed by atoms with E-state index < -0.39 is 10.9 Å². The van der Waals surface area contributed by atoms with Crippen LogP contribution in [0.1, 0.15) is 16.7 Å². The first-order valence-electron chi connectivity index (χ1n) is 7.10. The highest BCUT2D eigenvalue weighted by molar-refractivity contribution is 6.32. The number of carbonyl (C=O) groups excluding carboxylic acids is 1. The van der Waals surface area contributed by atoms with Gasteiger partial charge in [0.1, 0.15) is 10.8 Å². The van der Waals surface area contributed by atoms with Gasteiger partial charge in [-0.3, -0.25) is 10.1 Å². The van der Waals surface area contributed by atoms with Crippen LogP contribution in [0.5, 0.6) is 0 Å². The molecular weight excluding hydrogens is 330 g/mol. The van der Waals surface area contributed by atoms with Crippen LogP contribution < -0.4 is 0 Å². The number of esters is 1. The number of hydrogen-bond acceptors (Lipinski definition) is 4. The molecule has 0 saturated carbocycles. The van der Waals surface area contributed by atoms with E-state index in [-0.39, 0.29) is 10.7 Å². The molecule has 6 heteroatoms. The van der Waals surface area contributed by atoms with Crippen molar-refractivity contribution in [2.75, 3.05) is 0 Å². The Morgan fingerprint density at radius 3 is 2.54 bits per heavy atom. The van der Waals surface area contributed by atoms with Crippen molar-refractivity contribution in [3.63, 3.8) is 0 Å². The monoisotopic (exact) mass is 341 g/mol. The lowest BCUT2D eigenvalue weighted by atomic mass is 10.1. The van der Waals surface area contributed by atoms with Gasteiger partial charge in [0.2, 0.25) is 0 Å². The highest BCUT2D eigenvalue weighted by Gasteiger charge is 2.22. The maximum Gasteiger partial charge on any atom is 0.343 e. The second-order valence-corrected chi connectivity index (χ2v) is 5.74. The Kier molecular flexibility index (Phi) is 4.18. The Bertz CT molecular complexity index is 898. The zero-order valence-corrected chi connectivity index (χ0v) is 13.4. The fraction of sp³-hybridized carbons (Fsp3) is 0.0556. The van der Waals surface area contributed by atoms with Crippen LogP contribution in [-0.4, -0.2) is 10.9 Å². The Morgan fingerprint density at radius 2 is 1.88 bits per heavy atom. The predicted octanol–water partition coefficient (Wildman–Crippen LogP) is 4.54. The van der Waals surface area contributed by atoms with Crippen molar-refractivity contribution < 1.29 is 14.5 Å². The Morgan fingerprint density at radius 1 is 1.17 bits per heavy atom. The molecule has 120 valence electrons. The normalized spacial score (nSPS) is 15.3. The molecule has 0 spiro atoms. The van der Waals surface area contributed by atoms with Crippen molar-refractivity contribution in [1.29, 1.82) is 0 Å². The van der Waals surface area contributed by atoms with E-state index in [0.717, 1.165) is 11.1 Å². The minimum Gasteiger partial charge on any atom is -0.422 e. The smallest absolute Gasteiger partial charge is 0.343 e. The molecule has 0 bridgehead atoms. The molecule has 3 rings (SSSR count). The molecule has 0 aromatic heterocycles. The van der Waals surface area contributed by atoms with Gasteiger partial charge in [-0.2, -0.15) is 0 Å². The summed E-state index contributed by atoms with van der Waals surface area (Å²) in [5.74, 6) is -0.0436.